The minimum atomic E-state index is -1.09. The van der Waals surface area contributed by atoms with Gasteiger partial charge >= 0.3 is 6.09 Å². The standard InChI is InChI=1S/C15H22FN5O3/c1-4-5-8-20(3)14-17-7-6-11(19-14)13-12(9-18-10(2)22)24-15(23)21(13)16/h6-7,12-13H,4-5,8-9H2,1-3H3,(H,18,22)/t12-,13?/m0/s1. The zero-order valence-corrected chi connectivity index (χ0v) is 14.0. The second kappa shape index (κ2) is 7.89. The van der Waals surface area contributed by atoms with Gasteiger partial charge in [-0.3, -0.25) is 4.79 Å². The van der Waals surface area contributed by atoms with Crippen molar-refractivity contribution in [3.8, 4) is 0 Å². The zero-order chi connectivity index (χ0) is 17.7. The highest BCUT2D eigenvalue weighted by atomic mass is 19.2. The molecule has 1 unspecified atom stereocenters. The molecule has 24 heavy (non-hydrogen) atoms. The summed E-state index contributed by atoms with van der Waals surface area (Å²) >= 11 is 0. The zero-order valence-electron chi connectivity index (χ0n) is 14.0. The lowest BCUT2D eigenvalue weighted by molar-refractivity contribution is -0.119. The van der Waals surface area contributed by atoms with E-state index in [-0.39, 0.29) is 17.6 Å². The van der Waals surface area contributed by atoms with Crippen molar-refractivity contribution < 1.29 is 18.8 Å². The molecule has 1 aromatic heterocycles. The van der Waals surface area contributed by atoms with E-state index in [2.05, 4.69) is 22.2 Å². The van der Waals surface area contributed by atoms with E-state index in [9.17, 15) is 14.1 Å². The maximum Gasteiger partial charge on any atom is 0.439 e. The summed E-state index contributed by atoms with van der Waals surface area (Å²) < 4.78 is 19.1. The van der Waals surface area contributed by atoms with Crippen LogP contribution in [-0.2, 0) is 9.53 Å². The third-order valence-electron chi connectivity index (χ3n) is 3.73. The quantitative estimate of drug-likeness (QED) is 0.759. The number of hydrogen-bond donors (Lipinski definition) is 1. The minimum absolute atomic E-state index is 0.00460. The molecule has 0 aromatic carbocycles. The molecule has 1 aromatic rings. The number of nitrogens with one attached hydrogen (secondary N) is 1. The van der Waals surface area contributed by atoms with Crippen LogP contribution in [0, 0.1) is 0 Å². The molecule has 1 saturated heterocycles. The van der Waals surface area contributed by atoms with Crippen LogP contribution in [-0.4, -0.2) is 53.3 Å². The lowest BCUT2D eigenvalue weighted by Gasteiger charge is -2.21. The first kappa shape index (κ1) is 17.9. The van der Waals surface area contributed by atoms with Crippen molar-refractivity contribution in [1.29, 1.82) is 0 Å². The van der Waals surface area contributed by atoms with Gasteiger partial charge in [-0.1, -0.05) is 17.8 Å². The maximum atomic E-state index is 14.1. The molecule has 2 rings (SSSR count). The fraction of sp³-hybridized carbons (Fsp3) is 0.600. The molecule has 2 amide bonds. The molecule has 1 N–H and O–H groups in total. The smallest absolute Gasteiger partial charge is 0.439 e. The molecular weight excluding hydrogens is 317 g/mol. The van der Waals surface area contributed by atoms with Crippen LogP contribution in [0.3, 0.4) is 0 Å². The number of aromatic nitrogens is 2. The Morgan fingerprint density at radius 3 is 2.96 bits per heavy atom. The van der Waals surface area contributed by atoms with E-state index in [1.54, 1.807) is 0 Å². The van der Waals surface area contributed by atoms with Gasteiger partial charge in [-0.05, 0) is 12.5 Å². The molecule has 1 aliphatic rings. The highest BCUT2D eigenvalue weighted by Gasteiger charge is 2.45. The van der Waals surface area contributed by atoms with Crippen LogP contribution in [0.1, 0.15) is 38.4 Å². The average Bonchev–Trinajstić information content (AvgIpc) is 2.85. The van der Waals surface area contributed by atoms with Crippen LogP contribution in [0.25, 0.3) is 0 Å². The largest absolute Gasteiger partial charge is 0.440 e. The molecule has 0 spiro atoms. The number of amides is 2. The molecule has 9 heteroatoms. The van der Waals surface area contributed by atoms with Crippen molar-refractivity contribution in [1.82, 2.24) is 20.4 Å². The topological polar surface area (TPSA) is 87.7 Å². The van der Waals surface area contributed by atoms with Crippen molar-refractivity contribution >= 4 is 17.9 Å². The van der Waals surface area contributed by atoms with E-state index in [0.717, 1.165) is 19.4 Å². The SMILES string of the molecule is CCCCN(C)c1nccc(C2[C@H](CNC(C)=O)OC(=O)N2F)n1. The van der Waals surface area contributed by atoms with Gasteiger partial charge in [0.15, 0.2) is 0 Å². The van der Waals surface area contributed by atoms with Crippen molar-refractivity contribution in [2.24, 2.45) is 0 Å². The highest BCUT2D eigenvalue weighted by Crippen LogP contribution is 2.32. The molecule has 0 saturated carbocycles. The van der Waals surface area contributed by atoms with Gasteiger partial charge < -0.3 is 15.0 Å². The number of anilines is 1. The fourth-order valence-corrected chi connectivity index (χ4v) is 2.41. The van der Waals surface area contributed by atoms with Gasteiger partial charge in [0.25, 0.3) is 0 Å². The number of halogens is 1. The average molecular weight is 339 g/mol. The Balaban J connectivity index is 2.20. The van der Waals surface area contributed by atoms with Crippen LogP contribution in [0.5, 0.6) is 0 Å². The second-order valence-corrected chi connectivity index (χ2v) is 5.67. The monoisotopic (exact) mass is 339 g/mol. The predicted octanol–water partition coefficient (Wildman–Crippen LogP) is 1.60. The molecule has 2 heterocycles. The molecule has 132 valence electrons. The Hall–Kier alpha value is -2.45. The van der Waals surface area contributed by atoms with Crippen molar-refractivity contribution in [2.45, 2.75) is 38.8 Å². The second-order valence-electron chi connectivity index (χ2n) is 5.67. The summed E-state index contributed by atoms with van der Waals surface area (Å²) in [6.45, 7) is 4.20. The van der Waals surface area contributed by atoms with Crippen LogP contribution < -0.4 is 10.2 Å². The third-order valence-corrected chi connectivity index (χ3v) is 3.73. The molecule has 1 aliphatic heterocycles. The number of cyclic esters (lactones) is 1. The van der Waals surface area contributed by atoms with Crippen molar-refractivity contribution in [3.05, 3.63) is 18.0 Å². The van der Waals surface area contributed by atoms with Crippen molar-refractivity contribution in [2.75, 3.05) is 25.0 Å². The Morgan fingerprint density at radius 2 is 2.29 bits per heavy atom. The van der Waals surface area contributed by atoms with Crippen LogP contribution in [0.2, 0.25) is 0 Å². The summed E-state index contributed by atoms with van der Waals surface area (Å²) in [4.78, 5) is 33.0. The third kappa shape index (κ3) is 4.09. The van der Waals surface area contributed by atoms with E-state index >= 15 is 0 Å². The van der Waals surface area contributed by atoms with Gasteiger partial charge in [0.1, 0.15) is 12.1 Å². The van der Waals surface area contributed by atoms with E-state index in [0.29, 0.717) is 11.6 Å². The Morgan fingerprint density at radius 1 is 1.54 bits per heavy atom. The summed E-state index contributed by atoms with van der Waals surface area (Å²) in [7, 11) is 1.85. The Bertz CT molecular complexity index is 600. The van der Waals surface area contributed by atoms with Crippen LogP contribution in [0.15, 0.2) is 12.3 Å². The normalized spacial score (nSPS) is 20.0. The number of ether oxygens (including phenoxy) is 1. The van der Waals surface area contributed by atoms with Gasteiger partial charge in [0.05, 0.1) is 12.2 Å². The molecular formula is C15H22FN5O3. The first-order valence-electron chi connectivity index (χ1n) is 7.88. The highest BCUT2D eigenvalue weighted by molar-refractivity contribution is 5.73. The Labute approximate surface area is 139 Å². The van der Waals surface area contributed by atoms with Gasteiger partial charge in [-0.15, -0.1) is 5.12 Å². The van der Waals surface area contributed by atoms with E-state index in [1.807, 2.05) is 11.9 Å². The summed E-state index contributed by atoms with van der Waals surface area (Å²) in [6.07, 6.45) is 1.60. The van der Waals surface area contributed by atoms with Gasteiger partial charge in [0, 0.05) is 26.7 Å². The van der Waals surface area contributed by atoms with E-state index in [1.165, 1.54) is 19.2 Å². The lowest BCUT2D eigenvalue weighted by Crippen LogP contribution is -2.35. The Kier molecular flexibility index (Phi) is 5.88. The number of rotatable bonds is 7. The molecule has 0 aliphatic carbocycles. The molecule has 8 nitrogen and oxygen atoms in total. The first-order chi connectivity index (χ1) is 11.4. The van der Waals surface area contributed by atoms with Crippen molar-refractivity contribution in [3.63, 3.8) is 0 Å². The predicted molar refractivity (Wildman–Crippen MR) is 84.9 cm³/mol. The van der Waals surface area contributed by atoms with Gasteiger partial charge in [0.2, 0.25) is 11.9 Å². The lowest BCUT2D eigenvalue weighted by atomic mass is 10.1. The summed E-state index contributed by atoms with van der Waals surface area (Å²) in [5.41, 5.74) is 0.326. The summed E-state index contributed by atoms with van der Waals surface area (Å²) in [5, 5.41) is 2.53. The molecule has 2 atom stereocenters. The van der Waals surface area contributed by atoms with Gasteiger partial charge in [-0.25, -0.2) is 14.8 Å². The fourth-order valence-electron chi connectivity index (χ4n) is 2.41. The van der Waals surface area contributed by atoms with E-state index in [4.69, 9.17) is 4.74 Å². The number of unbranched alkanes of at least 4 members (excludes halogenated alkanes) is 1. The summed E-state index contributed by atoms with van der Waals surface area (Å²) in [6, 6.07) is 0.516. The molecule has 1 fully saturated rings. The minimum Gasteiger partial charge on any atom is -0.440 e. The van der Waals surface area contributed by atoms with E-state index < -0.39 is 18.2 Å². The molecule has 0 radical (unpaired) electrons. The van der Waals surface area contributed by atoms with Crippen LogP contribution in [0.4, 0.5) is 15.2 Å². The number of carbonyl (C=O) groups is 2. The van der Waals surface area contributed by atoms with Crippen LogP contribution >= 0.6 is 0 Å². The first-order valence-corrected chi connectivity index (χ1v) is 7.88. The number of carbonyl (C=O) groups excluding carboxylic acids is 2. The van der Waals surface area contributed by atoms with Gasteiger partial charge in [-0.2, -0.15) is 0 Å². The summed E-state index contributed by atoms with van der Waals surface area (Å²) in [5.74, 6) is 0.164. The number of nitrogens with zero attached hydrogens (tertiary/aromatic N) is 4. The maximum absolute atomic E-state index is 14.1. The molecule has 0 bridgehead atoms. The number of hydrogen-bond acceptors (Lipinski definition) is 6.